The molecule has 0 radical (unpaired) electrons. The number of amides is 1. The number of hydrogen-bond donors (Lipinski definition) is 1. The standard InChI is InChI=1S/C18H22N4O3/c1-12-5-7-13(8-6-12)9-21-18(25)22-15(3-2-4-16(22)19-21)17(24)20-10-14(23)11-20/h5-8,14-15,23H,2-4,9-11H2,1H3/t15-/m1/s1. The van der Waals surface area contributed by atoms with E-state index in [0.717, 1.165) is 12.0 Å². The maximum Gasteiger partial charge on any atom is 0.346 e. The molecule has 1 amide bonds. The Bertz CT molecular complexity index is 846. The van der Waals surface area contributed by atoms with Crippen LogP contribution in [0.5, 0.6) is 0 Å². The van der Waals surface area contributed by atoms with Crippen molar-refractivity contribution in [2.24, 2.45) is 0 Å². The number of aryl methyl sites for hydroxylation is 2. The Balaban J connectivity index is 1.61. The number of β-amino-alcohol motifs (C(OH)–C–C–N with tert-alkyl or cyclic N) is 1. The number of hydrogen-bond acceptors (Lipinski definition) is 4. The first-order valence-electron chi connectivity index (χ1n) is 8.73. The first-order valence-corrected chi connectivity index (χ1v) is 8.73. The predicted octanol–water partition coefficient (Wildman–Crippen LogP) is 0.482. The van der Waals surface area contributed by atoms with Gasteiger partial charge < -0.3 is 10.0 Å². The van der Waals surface area contributed by atoms with E-state index < -0.39 is 12.1 Å². The first-order chi connectivity index (χ1) is 12.0. The van der Waals surface area contributed by atoms with Gasteiger partial charge in [-0.2, -0.15) is 5.10 Å². The molecule has 1 fully saturated rings. The van der Waals surface area contributed by atoms with Crippen molar-refractivity contribution in [3.63, 3.8) is 0 Å². The van der Waals surface area contributed by atoms with E-state index in [1.54, 1.807) is 9.47 Å². The van der Waals surface area contributed by atoms with Crippen LogP contribution in [0.15, 0.2) is 29.1 Å². The molecule has 132 valence electrons. The predicted molar refractivity (Wildman–Crippen MR) is 91.3 cm³/mol. The molecule has 1 aromatic carbocycles. The molecule has 0 bridgehead atoms. The van der Waals surface area contributed by atoms with Crippen molar-refractivity contribution in [2.75, 3.05) is 13.1 Å². The largest absolute Gasteiger partial charge is 0.389 e. The Hall–Kier alpha value is -2.41. The average Bonchev–Trinajstić information content (AvgIpc) is 2.89. The Morgan fingerprint density at radius 1 is 1.28 bits per heavy atom. The summed E-state index contributed by atoms with van der Waals surface area (Å²) < 4.78 is 3.02. The topological polar surface area (TPSA) is 80.4 Å². The molecular formula is C18H22N4O3. The molecule has 1 atom stereocenters. The Morgan fingerprint density at radius 2 is 2.00 bits per heavy atom. The fourth-order valence-electron chi connectivity index (χ4n) is 3.58. The molecular weight excluding hydrogens is 320 g/mol. The van der Waals surface area contributed by atoms with Gasteiger partial charge in [0.1, 0.15) is 11.9 Å². The summed E-state index contributed by atoms with van der Waals surface area (Å²) in [6, 6.07) is 7.51. The number of fused-ring (bicyclic) bond motifs is 1. The van der Waals surface area contributed by atoms with Crippen LogP contribution >= 0.6 is 0 Å². The minimum atomic E-state index is -0.490. The van der Waals surface area contributed by atoms with Crippen LogP contribution in [0.3, 0.4) is 0 Å². The molecule has 2 aromatic rings. The zero-order valence-corrected chi connectivity index (χ0v) is 14.3. The number of aliphatic hydroxyl groups is 1. The summed E-state index contributed by atoms with van der Waals surface area (Å²) in [6.07, 6.45) is 1.76. The molecule has 7 heteroatoms. The van der Waals surface area contributed by atoms with E-state index in [1.807, 2.05) is 31.2 Å². The van der Waals surface area contributed by atoms with Gasteiger partial charge in [-0.05, 0) is 25.3 Å². The van der Waals surface area contributed by atoms with Gasteiger partial charge in [-0.3, -0.25) is 9.36 Å². The number of aliphatic hydroxyl groups excluding tert-OH is 1. The zero-order chi connectivity index (χ0) is 17.6. The lowest BCUT2D eigenvalue weighted by atomic mass is 10.0. The summed E-state index contributed by atoms with van der Waals surface area (Å²) in [5.74, 6) is 0.603. The van der Waals surface area contributed by atoms with Crippen molar-refractivity contribution in [1.29, 1.82) is 0 Å². The van der Waals surface area contributed by atoms with Crippen molar-refractivity contribution >= 4 is 5.91 Å². The lowest BCUT2D eigenvalue weighted by Gasteiger charge is -2.39. The van der Waals surface area contributed by atoms with Crippen LogP contribution in [0.1, 0.15) is 35.8 Å². The second kappa shape index (κ2) is 6.15. The highest BCUT2D eigenvalue weighted by Gasteiger charge is 2.37. The first kappa shape index (κ1) is 16.1. The fraction of sp³-hybridized carbons (Fsp3) is 0.500. The normalized spacial score (nSPS) is 20.2. The van der Waals surface area contributed by atoms with E-state index in [1.165, 1.54) is 10.2 Å². The van der Waals surface area contributed by atoms with Crippen LogP contribution in [0.25, 0.3) is 0 Å². The van der Waals surface area contributed by atoms with Crippen LogP contribution < -0.4 is 5.69 Å². The minimum absolute atomic E-state index is 0.0803. The molecule has 1 N–H and O–H groups in total. The molecule has 0 aliphatic carbocycles. The number of benzene rings is 1. The maximum absolute atomic E-state index is 12.8. The van der Waals surface area contributed by atoms with Gasteiger partial charge in [-0.1, -0.05) is 29.8 Å². The van der Waals surface area contributed by atoms with Crippen LogP contribution in [-0.2, 0) is 17.8 Å². The molecule has 1 saturated heterocycles. The van der Waals surface area contributed by atoms with Crippen LogP contribution in [0.2, 0.25) is 0 Å². The summed E-state index contributed by atoms with van der Waals surface area (Å²) in [6.45, 7) is 3.14. The average molecular weight is 342 g/mol. The van der Waals surface area contributed by atoms with Crippen LogP contribution in [-0.4, -0.2) is 49.5 Å². The number of carbonyl (C=O) groups excluding carboxylic acids is 1. The highest BCUT2D eigenvalue weighted by Crippen LogP contribution is 2.26. The molecule has 25 heavy (non-hydrogen) atoms. The number of carbonyl (C=O) groups is 1. The zero-order valence-electron chi connectivity index (χ0n) is 14.3. The monoisotopic (exact) mass is 342 g/mol. The molecule has 2 aliphatic rings. The molecule has 4 rings (SSSR count). The third-order valence-corrected chi connectivity index (χ3v) is 5.04. The smallest absolute Gasteiger partial charge is 0.346 e. The minimum Gasteiger partial charge on any atom is -0.389 e. The fourth-order valence-corrected chi connectivity index (χ4v) is 3.58. The van der Waals surface area contributed by atoms with Crippen molar-refractivity contribution in [2.45, 2.75) is 44.9 Å². The van der Waals surface area contributed by atoms with E-state index in [-0.39, 0.29) is 11.6 Å². The molecule has 2 aliphatic heterocycles. The van der Waals surface area contributed by atoms with Gasteiger partial charge in [-0.25, -0.2) is 9.48 Å². The van der Waals surface area contributed by atoms with E-state index >= 15 is 0 Å². The summed E-state index contributed by atoms with van der Waals surface area (Å²) in [5, 5.41) is 13.9. The van der Waals surface area contributed by atoms with Gasteiger partial charge in [0.05, 0.1) is 12.6 Å². The summed E-state index contributed by atoms with van der Waals surface area (Å²) in [4.78, 5) is 27.1. The lowest BCUT2D eigenvalue weighted by Crippen LogP contribution is -2.56. The summed E-state index contributed by atoms with van der Waals surface area (Å²) in [5.41, 5.74) is 1.95. The van der Waals surface area contributed by atoms with Gasteiger partial charge >= 0.3 is 5.69 Å². The molecule has 0 saturated carbocycles. The molecule has 7 nitrogen and oxygen atoms in total. The number of aromatic nitrogens is 3. The van der Waals surface area contributed by atoms with E-state index in [9.17, 15) is 14.7 Å². The van der Waals surface area contributed by atoms with E-state index in [2.05, 4.69) is 5.10 Å². The van der Waals surface area contributed by atoms with E-state index in [4.69, 9.17) is 0 Å². The van der Waals surface area contributed by atoms with Gasteiger partial charge in [0.15, 0.2) is 0 Å². The molecule has 1 aromatic heterocycles. The van der Waals surface area contributed by atoms with Gasteiger partial charge in [0.2, 0.25) is 5.91 Å². The van der Waals surface area contributed by atoms with Gasteiger partial charge in [0.25, 0.3) is 0 Å². The van der Waals surface area contributed by atoms with Crippen molar-refractivity contribution in [3.05, 3.63) is 51.7 Å². The number of nitrogens with zero attached hydrogens (tertiary/aromatic N) is 4. The summed E-state index contributed by atoms with van der Waals surface area (Å²) in [7, 11) is 0. The highest BCUT2D eigenvalue weighted by atomic mass is 16.3. The third kappa shape index (κ3) is 2.89. The number of likely N-dealkylation sites (tertiary alicyclic amines) is 1. The molecule has 0 spiro atoms. The lowest BCUT2D eigenvalue weighted by molar-refractivity contribution is -0.145. The van der Waals surface area contributed by atoms with Crippen molar-refractivity contribution in [1.82, 2.24) is 19.2 Å². The van der Waals surface area contributed by atoms with E-state index in [0.29, 0.717) is 38.3 Å². The Kier molecular flexibility index (Phi) is 3.95. The van der Waals surface area contributed by atoms with Gasteiger partial charge in [0, 0.05) is 19.5 Å². The maximum atomic E-state index is 12.8. The summed E-state index contributed by atoms with van der Waals surface area (Å²) >= 11 is 0. The van der Waals surface area contributed by atoms with Crippen molar-refractivity contribution < 1.29 is 9.90 Å². The Labute approximate surface area is 145 Å². The van der Waals surface area contributed by atoms with Crippen LogP contribution in [0, 0.1) is 6.92 Å². The highest BCUT2D eigenvalue weighted by molar-refractivity contribution is 5.81. The molecule has 3 heterocycles. The van der Waals surface area contributed by atoms with Gasteiger partial charge in [-0.15, -0.1) is 0 Å². The second-order valence-corrected chi connectivity index (χ2v) is 7.02. The quantitative estimate of drug-likeness (QED) is 0.880. The van der Waals surface area contributed by atoms with Crippen molar-refractivity contribution in [3.8, 4) is 0 Å². The second-order valence-electron chi connectivity index (χ2n) is 7.02. The third-order valence-electron chi connectivity index (χ3n) is 5.04. The SMILES string of the molecule is Cc1ccc(Cn2nc3n(c2=O)[C@@H](C(=O)N2CC(O)C2)CCC3)cc1. The molecule has 0 unspecified atom stereocenters. The van der Waals surface area contributed by atoms with Crippen LogP contribution in [0.4, 0.5) is 0 Å². The number of rotatable bonds is 3. The Morgan fingerprint density at radius 3 is 2.68 bits per heavy atom.